The first-order valence-electron chi connectivity index (χ1n) is 8.75. The second-order valence-corrected chi connectivity index (χ2v) is 5.76. The number of aliphatic hydroxyl groups excluding tert-OH is 2. The highest BCUT2D eigenvalue weighted by molar-refractivity contribution is 5.76. The molecule has 0 atom stereocenters. The molecule has 4 heteroatoms. The Kier molecular flexibility index (Phi) is 15.3. The number of rotatable bonds is 15. The Morgan fingerprint density at radius 3 is 1.71 bits per heavy atom. The van der Waals surface area contributed by atoms with Crippen LogP contribution in [0, 0.1) is 0 Å². The van der Waals surface area contributed by atoms with Crippen molar-refractivity contribution in [2.75, 3.05) is 26.3 Å². The summed E-state index contributed by atoms with van der Waals surface area (Å²) < 4.78 is 0. The van der Waals surface area contributed by atoms with Crippen molar-refractivity contribution in [1.29, 1.82) is 0 Å². The van der Waals surface area contributed by atoms with E-state index in [1.54, 1.807) is 4.90 Å². The quantitative estimate of drug-likeness (QED) is 0.457. The van der Waals surface area contributed by atoms with Gasteiger partial charge in [-0.1, -0.05) is 51.9 Å². The van der Waals surface area contributed by atoms with E-state index in [1.165, 1.54) is 38.5 Å². The summed E-state index contributed by atoms with van der Waals surface area (Å²) in [7, 11) is 0. The molecule has 0 aromatic heterocycles. The van der Waals surface area contributed by atoms with Crippen LogP contribution in [0.4, 0.5) is 0 Å². The summed E-state index contributed by atoms with van der Waals surface area (Å²) in [5.74, 6) is 0.169. The summed E-state index contributed by atoms with van der Waals surface area (Å²) in [6.45, 7) is 3.66. The molecule has 126 valence electrons. The Bertz CT molecular complexity index is 226. The molecule has 0 saturated carbocycles. The van der Waals surface area contributed by atoms with Crippen LogP contribution in [0.5, 0.6) is 0 Å². The van der Waals surface area contributed by atoms with Crippen LogP contribution < -0.4 is 0 Å². The molecule has 0 heterocycles. The molecule has 0 aliphatic rings. The van der Waals surface area contributed by atoms with Crippen molar-refractivity contribution in [2.45, 2.75) is 77.6 Å². The van der Waals surface area contributed by atoms with Gasteiger partial charge in [-0.05, 0) is 19.3 Å². The standard InChI is InChI=1S/C17H35NO3/c1-2-3-4-5-6-7-8-9-12-17(21)18(13-10-15-19)14-11-16-20/h19-20H,2-16H2,1H3. The van der Waals surface area contributed by atoms with Crippen molar-refractivity contribution in [3.8, 4) is 0 Å². The summed E-state index contributed by atoms with van der Waals surface area (Å²) in [5.41, 5.74) is 0. The Morgan fingerprint density at radius 1 is 0.762 bits per heavy atom. The van der Waals surface area contributed by atoms with Crippen LogP contribution in [0.1, 0.15) is 77.6 Å². The molecule has 0 saturated heterocycles. The number of aliphatic hydroxyl groups is 2. The van der Waals surface area contributed by atoms with Crippen LogP contribution in [0.25, 0.3) is 0 Å². The van der Waals surface area contributed by atoms with E-state index in [4.69, 9.17) is 10.2 Å². The van der Waals surface area contributed by atoms with Crippen LogP contribution in [0.2, 0.25) is 0 Å². The lowest BCUT2D eigenvalue weighted by Crippen LogP contribution is -2.33. The number of hydrogen-bond acceptors (Lipinski definition) is 3. The molecule has 0 fully saturated rings. The van der Waals surface area contributed by atoms with Gasteiger partial charge in [-0.3, -0.25) is 4.79 Å². The molecule has 0 unspecified atom stereocenters. The van der Waals surface area contributed by atoms with Crippen molar-refractivity contribution >= 4 is 5.91 Å². The van der Waals surface area contributed by atoms with Crippen LogP contribution in [-0.4, -0.2) is 47.3 Å². The fourth-order valence-electron chi connectivity index (χ4n) is 2.45. The van der Waals surface area contributed by atoms with Gasteiger partial charge in [0, 0.05) is 32.7 Å². The topological polar surface area (TPSA) is 60.8 Å². The van der Waals surface area contributed by atoms with E-state index in [2.05, 4.69) is 6.92 Å². The average molecular weight is 301 g/mol. The van der Waals surface area contributed by atoms with Gasteiger partial charge in [0.1, 0.15) is 0 Å². The highest BCUT2D eigenvalue weighted by Crippen LogP contribution is 2.10. The SMILES string of the molecule is CCCCCCCCCCC(=O)N(CCCO)CCCO. The summed E-state index contributed by atoms with van der Waals surface area (Å²) in [6.07, 6.45) is 11.7. The largest absolute Gasteiger partial charge is 0.396 e. The molecule has 1 amide bonds. The van der Waals surface area contributed by atoms with E-state index in [1.807, 2.05) is 0 Å². The van der Waals surface area contributed by atoms with Gasteiger partial charge in [0.05, 0.1) is 0 Å². The third kappa shape index (κ3) is 12.8. The van der Waals surface area contributed by atoms with Crippen molar-refractivity contribution in [2.24, 2.45) is 0 Å². The first-order chi connectivity index (χ1) is 10.3. The highest BCUT2D eigenvalue weighted by Gasteiger charge is 2.11. The summed E-state index contributed by atoms with van der Waals surface area (Å²) >= 11 is 0. The molecule has 0 aromatic carbocycles. The van der Waals surface area contributed by atoms with Crippen LogP contribution in [0.15, 0.2) is 0 Å². The van der Waals surface area contributed by atoms with Crippen LogP contribution in [0.3, 0.4) is 0 Å². The van der Waals surface area contributed by atoms with E-state index < -0.39 is 0 Å². The zero-order chi connectivity index (χ0) is 15.8. The summed E-state index contributed by atoms with van der Waals surface area (Å²) in [4.78, 5) is 13.9. The van der Waals surface area contributed by atoms with Gasteiger partial charge in [-0.15, -0.1) is 0 Å². The van der Waals surface area contributed by atoms with E-state index in [0.29, 0.717) is 32.4 Å². The normalized spacial score (nSPS) is 10.8. The van der Waals surface area contributed by atoms with E-state index in [-0.39, 0.29) is 19.1 Å². The maximum Gasteiger partial charge on any atom is 0.222 e. The van der Waals surface area contributed by atoms with Crippen LogP contribution in [-0.2, 0) is 4.79 Å². The van der Waals surface area contributed by atoms with Gasteiger partial charge in [0.25, 0.3) is 0 Å². The van der Waals surface area contributed by atoms with Crippen molar-refractivity contribution in [3.63, 3.8) is 0 Å². The van der Waals surface area contributed by atoms with E-state index >= 15 is 0 Å². The maximum absolute atomic E-state index is 12.1. The first kappa shape index (κ1) is 20.4. The number of nitrogens with zero attached hydrogens (tertiary/aromatic N) is 1. The van der Waals surface area contributed by atoms with Gasteiger partial charge in [-0.25, -0.2) is 0 Å². The molecule has 0 aliphatic heterocycles. The molecule has 0 aromatic rings. The lowest BCUT2D eigenvalue weighted by atomic mass is 10.1. The predicted octanol–water partition coefficient (Wildman–Crippen LogP) is 3.11. The number of hydrogen-bond donors (Lipinski definition) is 2. The monoisotopic (exact) mass is 301 g/mol. The molecule has 0 spiro atoms. The van der Waals surface area contributed by atoms with Gasteiger partial charge >= 0.3 is 0 Å². The number of carbonyl (C=O) groups excluding carboxylic acids is 1. The average Bonchev–Trinajstić information content (AvgIpc) is 2.50. The minimum atomic E-state index is 0.112. The minimum absolute atomic E-state index is 0.112. The second-order valence-electron chi connectivity index (χ2n) is 5.76. The molecule has 0 bridgehead atoms. The zero-order valence-electron chi connectivity index (χ0n) is 13.9. The fourth-order valence-corrected chi connectivity index (χ4v) is 2.45. The van der Waals surface area contributed by atoms with Crippen molar-refractivity contribution in [1.82, 2.24) is 4.90 Å². The second kappa shape index (κ2) is 15.8. The minimum Gasteiger partial charge on any atom is -0.396 e. The molecule has 2 N–H and O–H groups in total. The molecule has 0 radical (unpaired) electrons. The predicted molar refractivity (Wildman–Crippen MR) is 87.2 cm³/mol. The first-order valence-corrected chi connectivity index (χ1v) is 8.75. The Hall–Kier alpha value is -0.610. The van der Waals surface area contributed by atoms with Crippen molar-refractivity contribution in [3.05, 3.63) is 0 Å². The Morgan fingerprint density at radius 2 is 1.24 bits per heavy atom. The molecule has 0 aliphatic carbocycles. The smallest absolute Gasteiger partial charge is 0.222 e. The molecule has 4 nitrogen and oxygen atoms in total. The number of amides is 1. The number of unbranched alkanes of at least 4 members (excludes halogenated alkanes) is 7. The molecular weight excluding hydrogens is 266 g/mol. The molecular formula is C17H35NO3. The number of carbonyl (C=O) groups is 1. The van der Waals surface area contributed by atoms with Gasteiger partial charge in [0.2, 0.25) is 5.91 Å². The Balaban J connectivity index is 3.66. The van der Waals surface area contributed by atoms with Gasteiger partial charge < -0.3 is 15.1 Å². The molecule has 21 heavy (non-hydrogen) atoms. The van der Waals surface area contributed by atoms with Gasteiger partial charge in [-0.2, -0.15) is 0 Å². The summed E-state index contributed by atoms with van der Waals surface area (Å²) in [6, 6.07) is 0. The summed E-state index contributed by atoms with van der Waals surface area (Å²) in [5, 5.41) is 17.7. The maximum atomic E-state index is 12.1. The van der Waals surface area contributed by atoms with E-state index in [0.717, 1.165) is 12.8 Å². The van der Waals surface area contributed by atoms with Crippen molar-refractivity contribution < 1.29 is 15.0 Å². The zero-order valence-corrected chi connectivity index (χ0v) is 13.9. The third-order valence-electron chi connectivity index (χ3n) is 3.77. The highest BCUT2D eigenvalue weighted by atomic mass is 16.3. The fraction of sp³-hybridized carbons (Fsp3) is 0.941. The van der Waals surface area contributed by atoms with Gasteiger partial charge in [0.15, 0.2) is 0 Å². The Labute approximate surface area is 130 Å². The molecule has 0 rings (SSSR count). The lowest BCUT2D eigenvalue weighted by Gasteiger charge is -2.22. The van der Waals surface area contributed by atoms with Crippen LogP contribution >= 0.6 is 0 Å². The van der Waals surface area contributed by atoms with E-state index in [9.17, 15) is 4.79 Å². The third-order valence-corrected chi connectivity index (χ3v) is 3.77. The lowest BCUT2D eigenvalue weighted by molar-refractivity contribution is -0.131.